The highest BCUT2D eigenvalue weighted by atomic mass is 32.1. The molecule has 5 aromatic heterocycles. The molecule has 0 aliphatic heterocycles. The van der Waals surface area contributed by atoms with Gasteiger partial charge in [-0.15, -0.1) is 11.3 Å². The molecule has 3 N–H and O–H groups in total. The molecule has 0 aliphatic rings. The van der Waals surface area contributed by atoms with Crippen LogP contribution >= 0.6 is 11.3 Å². The highest BCUT2D eigenvalue weighted by Crippen LogP contribution is 2.36. The molecule has 7 nitrogen and oxygen atoms in total. The van der Waals surface area contributed by atoms with E-state index >= 15 is 0 Å². The van der Waals surface area contributed by atoms with Crippen LogP contribution in [0.1, 0.15) is 5.56 Å². The Labute approximate surface area is 226 Å². The molecule has 39 heavy (non-hydrogen) atoms. The summed E-state index contributed by atoms with van der Waals surface area (Å²) in [6.07, 6.45) is 7.25. The van der Waals surface area contributed by atoms with Crippen molar-refractivity contribution in [2.24, 2.45) is 0 Å². The first-order valence-corrected chi connectivity index (χ1v) is 13.2. The first-order chi connectivity index (χ1) is 19.3. The van der Waals surface area contributed by atoms with Gasteiger partial charge in [-0.2, -0.15) is 5.10 Å². The van der Waals surface area contributed by atoms with E-state index in [0.29, 0.717) is 11.4 Å². The highest BCUT2D eigenvalue weighted by molar-refractivity contribution is 7.13. The standard InChI is InChI=1S/C31H20N6OS/c38-18-29(19-5-2-1-3-6-19)34-22-11-21(14-32-15-22)20-8-9-26-24(12-20)31(37-36-26)27-13-23-25(30-7-4-10-39-30)16-33-17-28(23)35-27/h1-17,34-35H,(H,36,37). The number of H-pyrrole nitrogens is 2. The van der Waals surface area contributed by atoms with Crippen molar-refractivity contribution in [2.75, 3.05) is 5.32 Å². The van der Waals surface area contributed by atoms with E-state index in [1.54, 1.807) is 23.7 Å². The van der Waals surface area contributed by atoms with Crippen LogP contribution in [-0.4, -0.2) is 31.1 Å². The number of aromatic nitrogens is 5. The number of nitrogens with zero attached hydrogens (tertiary/aromatic N) is 3. The molecule has 0 unspecified atom stereocenters. The van der Waals surface area contributed by atoms with Crippen LogP contribution in [-0.2, 0) is 4.79 Å². The van der Waals surface area contributed by atoms with Gasteiger partial charge in [-0.25, -0.2) is 4.79 Å². The number of carbonyl (C=O) groups excluding carboxylic acids is 1. The minimum atomic E-state index is 0.359. The van der Waals surface area contributed by atoms with E-state index in [-0.39, 0.29) is 0 Å². The monoisotopic (exact) mass is 524 g/mol. The lowest BCUT2D eigenvalue weighted by Crippen LogP contribution is -2.00. The summed E-state index contributed by atoms with van der Waals surface area (Å²) in [6.45, 7) is 0. The summed E-state index contributed by atoms with van der Waals surface area (Å²) in [5.74, 6) is 2.00. The lowest BCUT2D eigenvalue weighted by Gasteiger charge is -2.09. The molecule has 0 fully saturated rings. The lowest BCUT2D eigenvalue weighted by atomic mass is 10.0. The van der Waals surface area contributed by atoms with Crippen molar-refractivity contribution in [1.82, 2.24) is 25.1 Å². The fourth-order valence-electron chi connectivity index (χ4n) is 4.78. The average Bonchev–Trinajstić information content (AvgIpc) is 3.75. The summed E-state index contributed by atoms with van der Waals surface area (Å²) in [4.78, 5) is 25.2. The third-order valence-electron chi connectivity index (χ3n) is 6.66. The van der Waals surface area contributed by atoms with Crippen molar-refractivity contribution in [2.45, 2.75) is 0 Å². The predicted molar refractivity (Wildman–Crippen MR) is 157 cm³/mol. The van der Waals surface area contributed by atoms with Crippen LogP contribution in [0.3, 0.4) is 0 Å². The summed E-state index contributed by atoms with van der Waals surface area (Å²) >= 11 is 1.69. The van der Waals surface area contributed by atoms with Gasteiger partial charge in [0, 0.05) is 44.7 Å². The van der Waals surface area contributed by atoms with Gasteiger partial charge in [-0.1, -0.05) is 42.5 Å². The molecule has 8 heteroatoms. The molecule has 186 valence electrons. The largest absolute Gasteiger partial charge is 0.352 e. The molecule has 7 rings (SSSR count). The zero-order valence-electron chi connectivity index (χ0n) is 20.5. The van der Waals surface area contributed by atoms with E-state index in [1.165, 1.54) is 4.88 Å². The van der Waals surface area contributed by atoms with E-state index in [2.05, 4.69) is 54.0 Å². The molecule has 0 atom stereocenters. The van der Waals surface area contributed by atoms with Crippen LogP contribution in [0, 0.1) is 0 Å². The lowest BCUT2D eigenvalue weighted by molar-refractivity contribution is 0.569. The molecule has 7 aromatic rings. The van der Waals surface area contributed by atoms with Crippen LogP contribution in [0.5, 0.6) is 0 Å². The quantitative estimate of drug-likeness (QED) is 0.200. The maximum atomic E-state index is 11.6. The molecule has 0 saturated carbocycles. The third kappa shape index (κ3) is 4.20. The molecule has 5 heterocycles. The number of fused-ring (bicyclic) bond motifs is 2. The number of anilines is 1. The Bertz CT molecular complexity index is 2000. The average molecular weight is 525 g/mol. The Morgan fingerprint density at radius 3 is 2.56 bits per heavy atom. The van der Waals surface area contributed by atoms with Gasteiger partial charge < -0.3 is 10.3 Å². The smallest absolute Gasteiger partial charge is 0.151 e. The fraction of sp³-hybridized carbons (Fsp3) is 0. The second-order valence-electron chi connectivity index (χ2n) is 9.07. The van der Waals surface area contributed by atoms with E-state index in [0.717, 1.165) is 55.4 Å². The summed E-state index contributed by atoms with van der Waals surface area (Å²) in [5, 5.41) is 15.1. The molecule has 0 amide bonds. The van der Waals surface area contributed by atoms with Gasteiger partial charge in [0.2, 0.25) is 0 Å². The Hall–Kier alpha value is -5.30. The van der Waals surface area contributed by atoms with E-state index < -0.39 is 0 Å². The van der Waals surface area contributed by atoms with Crippen LogP contribution < -0.4 is 5.32 Å². The first kappa shape index (κ1) is 22.9. The minimum absolute atomic E-state index is 0.359. The molecule has 0 radical (unpaired) electrons. The van der Waals surface area contributed by atoms with Gasteiger partial charge >= 0.3 is 0 Å². The van der Waals surface area contributed by atoms with Gasteiger partial charge in [0.05, 0.1) is 34.8 Å². The number of aromatic amines is 2. The van der Waals surface area contributed by atoms with Crippen molar-refractivity contribution in [3.63, 3.8) is 0 Å². The normalized spacial score (nSPS) is 11.1. The Kier molecular flexibility index (Phi) is 5.59. The molecule has 0 spiro atoms. The van der Waals surface area contributed by atoms with E-state index in [1.807, 2.05) is 72.9 Å². The van der Waals surface area contributed by atoms with Gasteiger partial charge in [0.25, 0.3) is 0 Å². The van der Waals surface area contributed by atoms with Crippen LogP contribution in [0.4, 0.5) is 5.69 Å². The Morgan fingerprint density at radius 1 is 0.821 bits per heavy atom. The number of rotatable bonds is 6. The van der Waals surface area contributed by atoms with Crippen molar-refractivity contribution in [1.29, 1.82) is 0 Å². The molecule has 2 aromatic carbocycles. The molecular formula is C31H20N6OS. The van der Waals surface area contributed by atoms with Crippen LogP contribution in [0.2, 0.25) is 0 Å². The third-order valence-corrected chi connectivity index (χ3v) is 7.56. The van der Waals surface area contributed by atoms with Gasteiger partial charge in [-0.05, 0) is 41.3 Å². The minimum Gasteiger partial charge on any atom is -0.352 e. The van der Waals surface area contributed by atoms with Crippen LogP contribution in [0.25, 0.3) is 60.5 Å². The second-order valence-corrected chi connectivity index (χ2v) is 10.0. The summed E-state index contributed by atoms with van der Waals surface area (Å²) in [7, 11) is 0. The molecule has 0 aliphatic carbocycles. The SMILES string of the molecule is O=C=C(Nc1cncc(-c2ccc3[nH]nc(-c4cc5c(-c6cccs6)cncc5[nH]4)c3c2)c1)c1ccccc1. The Balaban J connectivity index is 1.26. The first-order valence-electron chi connectivity index (χ1n) is 12.3. The molecule has 0 saturated heterocycles. The van der Waals surface area contributed by atoms with E-state index in [4.69, 9.17) is 0 Å². The van der Waals surface area contributed by atoms with Crippen molar-refractivity contribution in [3.8, 4) is 33.0 Å². The number of thiophene rings is 1. The van der Waals surface area contributed by atoms with Gasteiger partial charge in [0.1, 0.15) is 11.4 Å². The molecule has 0 bridgehead atoms. The Morgan fingerprint density at radius 2 is 1.72 bits per heavy atom. The summed E-state index contributed by atoms with van der Waals surface area (Å²) < 4.78 is 0. The molecular weight excluding hydrogens is 504 g/mol. The maximum Gasteiger partial charge on any atom is 0.151 e. The van der Waals surface area contributed by atoms with Gasteiger partial charge in [0.15, 0.2) is 5.94 Å². The van der Waals surface area contributed by atoms with Crippen molar-refractivity contribution < 1.29 is 4.79 Å². The number of pyridine rings is 2. The second kappa shape index (κ2) is 9.54. The zero-order chi connectivity index (χ0) is 26.2. The van der Waals surface area contributed by atoms with Crippen molar-refractivity contribution >= 4 is 50.5 Å². The van der Waals surface area contributed by atoms with Gasteiger partial charge in [-0.3, -0.25) is 15.1 Å². The van der Waals surface area contributed by atoms with E-state index in [9.17, 15) is 4.79 Å². The number of hydrogen-bond acceptors (Lipinski definition) is 6. The number of nitrogens with one attached hydrogen (secondary N) is 3. The zero-order valence-corrected chi connectivity index (χ0v) is 21.3. The predicted octanol–water partition coefficient (Wildman–Crippen LogP) is 7.18. The number of benzene rings is 2. The maximum absolute atomic E-state index is 11.6. The van der Waals surface area contributed by atoms with Crippen molar-refractivity contribution in [3.05, 3.63) is 109 Å². The summed E-state index contributed by atoms with van der Waals surface area (Å²) in [6, 6.07) is 23.8. The van der Waals surface area contributed by atoms with Crippen LogP contribution in [0.15, 0.2) is 103 Å². The topological polar surface area (TPSA) is 99.3 Å². The highest BCUT2D eigenvalue weighted by Gasteiger charge is 2.15. The number of hydrogen-bond donors (Lipinski definition) is 3. The summed E-state index contributed by atoms with van der Waals surface area (Å²) in [5.41, 5.74) is 8.45. The fourth-order valence-corrected chi connectivity index (χ4v) is 5.53.